The van der Waals surface area contributed by atoms with Crippen LogP contribution in [0.1, 0.15) is 11.1 Å². The van der Waals surface area contributed by atoms with Gasteiger partial charge in [0, 0.05) is 20.1 Å². The SMILES string of the molecule is CN=C(NCCc1ccccc1)NCC(=O)NCCc1ccccc1. The Kier molecular flexibility index (Phi) is 8.05. The first kappa shape index (κ1) is 18.5. The van der Waals surface area contributed by atoms with Crippen LogP contribution in [-0.2, 0) is 17.6 Å². The molecule has 2 rings (SSSR count). The molecular weight excluding hydrogens is 312 g/mol. The quantitative estimate of drug-likeness (QED) is 0.507. The van der Waals surface area contributed by atoms with Gasteiger partial charge in [-0.3, -0.25) is 9.79 Å². The zero-order valence-electron chi connectivity index (χ0n) is 14.7. The molecule has 0 unspecified atom stereocenters. The van der Waals surface area contributed by atoms with Crippen molar-refractivity contribution in [3.63, 3.8) is 0 Å². The molecule has 0 fully saturated rings. The fraction of sp³-hybridized carbons (Fsp3) is 0.300. The van der Waals surface area contributed by atoms with E-state index in [4.69, 9.17) is 0 Å². The molecule has 132 valence electrons. The molecule has 0 aliphatic heterocycles. The van der Waals surface area contributed by atoms with E-state index in [1.165, 1.54) is 11.1 Å². The van der Waals surface area contributed by atoms with Crippen molar-refractivity contribution in [2.45, 2.75) is 12.8 Å². The van der Waals surface area contributed by atoms with Crippen LogP contribution in [0.2, 0.25) is 0 Å². The lowest BCUT2D eigenvalue weighted by atomic mass is 10.1. The number of aliphatic imine (C=N–C) groups is 1. The Balaban J connectivity index is 1.60. The zero-order chi connectivity index (χ0) is 17.7. The van der Waals surface area contributed by atoms with Crippen LogP contribution in [0.25, 0.3) is 0 Å². The number of benzene rings is 2. The second-order valence-electron chi connectivity index (χ2n) is 5.67. The predicted molar refractivity (Wildman–Crippen MR) is 103 cm³/mol. The Morgan fingerprint density at radius 2 is 1.32 bits per heavy atom. The number of nitrogens with zero attached hydrogens (tertiary/aromatic N) is 1. The number of rotatable bonds is 8. The summed E-state index contributed by atoms with van der Waals surface area (Å²) in [6.07, 6.45) is 1.74. The molecule has 0 heterocycles. The van der Waals surface area contributed by atoms with E-state index in [9.17, 15) is 4.79 Å². The molecular formula is C20H26N4O. The van der Waals surface area contributed by atoms with E-state index >= 15 is 0 Å². The van der Waals surface area contributed by atoms with Gasteiger partial charge in [0.1, 0.15) is 0 Å². The first-order valence-electron chi connectivity index (χ1n) is 8.57. The summed E-state index contributed by atoms with van der Waals surface area (Å²) in [4.78, 5) is 16.0. The van der Waals surface area contributed by atoms with Crippen LogP contribution in [0.15, 0.2) is 65.7 Å². The molecule has 0 aromatic heterocycles. The lowest BCUT2D eigenvalue weighted by molar-refractivity contribution is -0.119. The largest absolute Gasteiger partial charge is 0.356 e. The lowest BCUT2D eigenvalue weighted by Crippen LogP contribution is -2.44. The van der Waals surface area contributed by atoms with Crippen LogP contribution < -0.4 is 16.0 Å². The minimum absolute atomic E-state index is 0.0399. The second-order valence-corrected chi connectivity index (χ2v) is 5.67. The summed E-state index contributed by atoms with van der Waals surface area (Å²) in [5, 5.41) is 9.15. The molecule has 2 aromatic carbocycles. The third-order valence-corrected chi connectivity index (χ3v) is 3.77. The number of nitrogens with one attached hydrogen (secondary N) is 3. The van der Waals surface area contributed by atoms with E-state index in [2.05, 4.69) is 45.2 Å². The molecule has 0 saturated heterocycles. The molecule has 2 aromatic rings. The first-order chi connectivity index (χ1) is 12.3. The molecule has 5 nitrogen and oxygen atoms in total. The highest BCUT2D eigenvalue weighted by atomic mass is 16.1. The van der Waals surface area contributed by atoms with E-state index < -0.39 is 0 Å². The smallest absolute Gasteiger partial charge is 0.239 e. The molecule has 0 spiro atoms. The van der Waals surface area contributed by atoms with Crippen LogP contribution in [-0.4, -0.2) is 38.5 Å². The Labute approximate surface area is 149 Å². The Hall–Kier alpha value is -2.82. The summed E-state index contributed by atoms with van der Waals surface area (Å²) in [6, 6.07) is 20.4. The summed E-state index contributed by atoms with van der Waals surface area (Å²) >= 11 is 0. The molecule has 0 radical (unpaired) electrons. The minimum atomic E-state index is -0.0399. The average Bonchev–Trinajstić information content (AvgIpc) is 2.66. The topological polar surface area (TPSA) is 65.5 Å². The summed E-state index contributed by atoms with van der Waals surface area (Å²) in [5.74, 6) is 0.594. The third kappa shape index (κ3) is 7.52. The normalized spacial score (nSPS) is 11.0. The van der Waals surface area contributed by atoms with Gasteiger partial charge in [-0.15, -0.1) is 0 Å². The molecule has 0 saturated carbocycles. The Morgan fingerprint density at radius 3 is 1.84 bits per heavy atom. The van der Waals surface area contributed by atoms with Gasteiger partial charge in [-0.05, 0) is 24.0 Å². The standard InChI is InChI=1S/C20H26N4O/c1-21-20(23-15-13-18-10-6-3-7-11-18)24-16-19(25)22-14-12-17-8-4-2-5-9-17/h2-11H,12-16H2,1H3,(H,22,25)(H2,21,23,24). The summed E-state index contributed by atoms with van der Waals surface area (Å²) < 4.78 is 0. The van der Waals surface area contributed by atoms with Gasteiger partial charge in [-0.25, -0.2) is 0 Å². The Bertz CT molecular complexity index is 656. The van der Waals surface area contributed by atoms with Crippen molar-refractivity contribution >= 4 is 11.9 Å². The van der Waals surface area contributed by atoms with Gasteiger partial charge in [0.2, 0.25) is 5.91 Å². The third-order valence-electron chi connectivity index (χ3n) is 3.77. The van der Waals surface area contributed by atoms with Gasteiger partial charge in [0.05, 0.1) is 6.54 Å². The Morgan fingerprint density at radius 1 is 0.800 bits per heavy atom. The van der Waals surface area contributed by atoms with Gasteiger partial charge in [-0.1, -0.05) is 60.7 Å². The number of guanidine groups is 1. The van der Waals surface area contributed by atoms with Crippen LogP contribution >= 0.6 is 0 Å². The van der Waals surface area contributed by atoms with Crippen molar-refractivity contribution in [1.82, 2.24) is 16.0 Å². The molecule has 0 aliphatic carbocycles. The molecule has 0 atom stereocenters. The van der Waals surface area contributed by atoms with Gasteiger partial charge < -0.3 is 16.0 Å². The van der Waals surface area contributed by atoms with Crippen LogP contribution in [0, 0.1) is 0 Å². The number of hydrogen-bond donors (Lipinski definition) is 3. The van der Waals surface area contributed by atoms with Gasteiger partial charge in [0.15, 0.2) is 5.96 Å². The van der Waals surface area contributed by atoms with Gasteiger partial charge >= 0.3 is 0 Å². The van der Waals surface area contributed by atoms with Crippen molar-refractivity contribution in [2.75, 3.05) is 26.7 Å². The molecule has 1 amide bonds. The summed E-state index contributed by atoms with van der Waals surface area (Å²) in [5.41, 5.74) is 2.48. The monoisotopic (exact) mass is 338 g/mol. The van der Waals surface area contributed by atoms with Crippen LogP contribution in [0.3, 0.4) is 0 Å². The second kappa shape index (κ2) is 10.9. The van der Waals surface area contributed by atoms with E-state index in [1.807, 2.05) is 36.4 Å². The molecule has 0 bridgehead atoms. The summed E-state index contributed by atoms with van der Waals surface area (Å²) in [6.45, 7) is 1.60. The number of amides is 1. The maximum absolute atomic E-state index is 11.9. The molecule has 0 aliphatic rings. The van der Waals surface area contributed by atoms with Crippen molar-refractivity contribution in [1.29, 1.82) is 0 Å². The van der Waals surface area contributed by atoms with Crippen molar-refractivity contribution < 1.29 is 4.79 Å². The number of carbonyl (C=O) groups is 1. The highest BCUT2D eigenvalue weighted by Crippen LogP contribution is 1.98. The lowest BCUT2D eigenvalue weighted by Gasteiger charge is -2.12. The van der Waals surface area contributed by atoms with Gasteiger partial charge in [-0.2, -0.15) is 0 Å². The van der Waals surface area contributed by atoms with E-state index in [-0.39, 0.29) is 12.5 Å². The van der Waals surface area contributed by atoms with Crippen LogP contribution in [0.5, 0.6) is 0 Å². The maximum atomic E-state index is 11.9. The highest BCUT2D eigenvalue weighted by molar-refractivity contribution is 5.86. The number of hydrogen-bond acceptors (Lipinski definition) is 2. The van der Waals surface area contributed by atoms with Crippen molar-refractivity contribution in [3.8, 4) is 0 Å². The van der Waals surface area contributed by atoms with Crippen molar-refractivity contribution in [2.24, 2.45) is 4.99 Å². The first-order valence-corrected chi connectivity index (χ1v) is 8.57. The van der Waals surface area contributed by atoms with E-state index in [0.29, 0.717) is 12.5 Å². The van der Waals surface area contributed by atoms with E-state index in [1.54, 1.807) is 7.05 Å². The predicted octanol–water partition coefficient (Wildman–Crippen LogP) is 1.75. The minimum Gasteiger partial charge on any atom is -0.356 e. The van der Waals surface area contributed by atoms with Crippen LogP contribution in [0.4, 0.5) is 0 Å². The maximum Gasteiger partial charge on any atom is 0.239 e. The highest BCUT2D eigenvalue weighted by Gasteiger charge is 2.03. The fourth-order valence-corrected chi connectivity index (χ4v) is 2.41. The van der Waals surface area contributed by atoms with E-state index in [0.717, 1.165) is 19.4 Å². The fourth-order valence-electron chi connectivity index (χ4n) is 2.41. The molecule has 5 heteroatoms. The zero-order valence-corrected chi connectivity index (χ0v) is 14.7. The average molecular weight is 338 g/mol. The molecule has 25 heavy (non-hydrogen) atoms. The number of carbonyl (C=O) groups excluding carboxylic acids is 1. The van der Waals surface area contributed by atoms with Crippen molar-refractivity contribution in [3.05, 3.63) is 71.8 Å². The summed E-state index contributed by atoms with van der Waals surface area (Å²) in [7, 11) is 1.70. The van der Waals surface area contributed by atoms with Gasteiger partial charge in [0.25, 0.3) is 0 Å². The molecule has 3 N–H and O–H groups in total.